The van der Waals surface area contributed by atoms with Gasteiger partial charge >= 0.3 is 12.1 Å². The molecule has 3 N–H and O–H groups in total. The third-order valence-corrected chi connectivity index (χ3v) is 15.5. The van der Waals surface area contributed by atoms with Crippen LogP contribution >= 0.6 is 0 Å². The lowest BCUT2D eigenvalue weighted by Gasteiger charge is -2.35. The number of fused-ring (bicyclic) bond motifs is 2. The first kappa shape index (κ1) is 65.0. The van der Waals surface area contributed by atoms with Crippen molar-refractivity contribution in [1.82, 2.24) is 39.0 Å². The maximum Gasteiger partial charge on any atom is 0.410 e. The third kappa shape index (κ3) is 15.5. The molecule has 8 aromatic rings. The lowest BCUT2D eigenvalue weighted by atomic mass is 9.97. The van der Waals surface area contributed by atoms with E-state index < -0.39 is 31.6 Å². The van der Waals surface area contributed by atoms with Gasteiger partial charge in [0.15, 0.2) is 11.3 Å². The van der Waals surface area contributed by atoms with Crippen LogP contribution in [0.15, 0.2) is 109 Å². The minimum atomic E-state index is -3.54. The number of nitrogens with zero attached hydrogens (tertiary/aromatic N) is 8. The normalized spacial score (nSPS) is 15.3. The molecule has 0 aliphatic carbocycles. The average molecular weight is 1190 g/mol. The Bertz CT molecular complexity index is 3920. The van der Waals surface area contributed by atoms with Crippen molar-refractivity contribution in [3.63, 3.8) is 0 Å². The molecule has 2 amide bonds. The number of likely N-dealkylation sites (tertiary alicyclic amines) is 2. The molecule has 6 heterocycles. The first-order valence-electron chi connectivity index (χ1n) is 27.2. The number of piperidine rings is 2. The van der Waals surface area contributed by atoms with E-state index in [0.29, 0.717) is 18.7 Å². The molecule has 4 aromatic carbocycles. The van der Waals surface area contributed by atoms with Crippen molar-refractivity contribution in [2.45, 2.75) is 133 Å². The van der Waals surface area contributed by atoms with E-state index >= 15 is 0 Å². The standard InChI is InChI=1S/C28H31N5O3S.C24H30N4O2.C9H11NO4S.2CH4/c1-18-13-14-23(31-37(4,35)36)22(16-18)28(34)32-15-9-8-12-25(32)24-17-26-29-20(3)19(2)27(33(26)30-24)21-10-6-5-7-11-21;1-16-17(2)25-21-15-19(26-28(21)22(16)18-11-7-6-8-12-18)20-13-9-10-14-27(20)23(29)30-24(3,4)5;1-6-3-4-8(10-15(2,13)14)7(5-6)9(11)12;;/h5-7,10-11,13-14,16-17,25,31H,8-9,12,15H2,1-4H3;6-8,11-12,15,20H,9-10,13-14H2,1-5H3;3-5,10H,1-2H3,(H,11,12);2*1H4/t25-;20-;;;/m00.../s1. The van der Waals surface area contributed by atoms with Crippen molar-refractivity contribution in [1.29, 1.82) is 0 Å². The number of carboxylic acid groups (broad SMARTS) is 1. The number of anilines is 2. The van der Waals surface area contributed by atoms with Crippen molar-refractivity contribution >= 4 is 60.7 Å². The number of carbonyl (C=O) groups excluding carboxylic acids is 2. The van der Waals surface area contributed by atoms with Gasteiger partial charge in [-0.2, -0.15) is 10.2 Å². The van der Waals surface area contributed by atoms with E-state index in [0.717, 1.165) is 130 Å². The number of aryl methyl sites for hydroxylation is 4. The van der Waals surface area contributed by atoms with E-state index in [2.05, 4.69) is 47.6 Å². The smallest absolute Gasteiger partial charge is 0.410 e. The number of benzene rings is 4. The lowest BCUT2D eigenvalue weighted by molar-refractivity contribution is 0.00893. The zero-order chi connectivity index (χ0) is 59.4. The Labute approximate surface area is 494 Å². The van der Waals surface area contributed by atoms with E-state index in [1.165, 1.54) is 12.1 Å². The van der Waals surface area contributed by atoms with Crippen LogP contribution in [0.3, 0.4) is 0 Å². The molecule has 10 rings (SSSR count). The Morgan fingerprint density at radius 3 is 1.39 bits per heavy atom. The fraction of sp³-hybridized carbons (Fsp3) is 0.381. The summed E-state index contributed by atoms with van der Waals surface area (Å²) in [4.78, 5) is 50.8. The fourth-order valence-corrected chi connectivity index (χ4v) is 11.5. The van der Waals surface area contributed by atoms with Gasteiger partial charge in [-0.05, 0) is 136 Å². The molecular formula is C63H80N10O9S2. The van der Waals surface area contributed by atoms with Crippen LogP contribution in [-0.4, -0.2) is 110 Å². The van der Waals surface area contributed by atoms with Gasteiger partial charge in [0.1, 0.15) is 5.60 Å². The second-order valence-corrected chi connectivity index (χ2v) is 25.6. The fourth-order valence-electron chi connectivity index (χ4n) is 10.3. The molecule has 2 fully saturated rings. The van der Waals surface area contributed by atoms with Gasteiger partial charge in [-0.1, -0.05) is 98.8 Å². The van der Waals surface area contributed by atoms with Gasteiger partial charge in [0.25, 0.3) is 5.91 Å². The number of sulfonamides is 2. The minimum absolute atomic E-state index is 0. The molecule has 84 heavy (non-hydrogen) atoms. The van der Waals surface area contributed by atoms with Crippen LogP contribution in [0, 0.1) is 41.5 Å². The summed E-state index contributed by atoms with van der Waals surface area (Å²) in [5.41, 5.74) is 13.3. The van der Waals surface area contributed by atoms with E-state index in [4.69, 9.17) is 30.0 Å². The molecule has 2 saturated heterocycles. The Morgan fingerprint density at radius 1 is 0.571 bits per heavy atom. The number of carbonyl (C=O) groups is 3. The van der Waals surface area contributed by atoms with Gasteiger partial charge in [-0.25, -0.2) is 45.4 Å². The third-order valence-electron chi connectivity index (χ3n) is 14.3. The van der Waals surface area contributed by atoms with Crippen LogP contribution in [0.5, 0.6) is 0 Å². The Morgan fingerprint density at radius 2 is 0.976 bits per heavy atom. The minimum Gasteiger partial charge on any atom is -0.478 e. The number of rotatable bonds is 10. The zero-order valence-electron chi connectivity index (χ0n) is 48.3. The van der Waals surface area contributed by atoms with Crippen LogP contribution in [-0.2, 0) is 24.8 Å². The summed E-state index contributed by atoms with van der Waals surface area (Å²) in [6.45, 7) is 18.7. The van der Waals surface area contributed by atoms with Gasteiger partial charge in [0.2, 0.25) is 20.0 Å². The SMILES string of the molecule is C.C.Cc1ccc(NS(C)(=O)=O)c(C(=O)N2CCCC[C@H]2c2cc3nc(C)c(C)c(-c4ccccc4)n3n2)c1.Cc1ccc(NS(C)(=O)=O)c(C(=O)O)c1.Cc1nc2cc([C@@H]3CCCCN3C(=O)OC(C)(C)C)nn2c(-c2ccccc2)c1C. The van der Waals surface area contributed by atoms with Crippen LogP contribution in [0.1, 0.15) is 152 Å². The van der Waals surface area contributed by atoms with Crippen molar-refractivity contribution in [2.24, 2.45) is 0 Å². The lowest BCUT2D eigenvalue weighted by Crippen LogP contribution is -2.42. The highest BCUT2D eigenvalue weighted by molar-refractivity contribution is 7.92. The second-order valence-electron chi connectivity index (χ2n) is 22.1. The molecule has 448 valence electrons. The predicted molar refractivity (Wildman–Crippen MR) is 333 cm³/mol. The van der Waals surface area contributed by atoms with E-state index in [-0.39, 0.29) is 55.9 Å². The molecule has 0 unspecified atom stereocenters. The van der Waals surface area contributed by atoms with E-state index in [1.807, 2.05) is 109 Å². The number of hydrogen-bond donors (Lipinski definition) is 3. The summed E-state index contributed by atoms with van der Waals surface area (Å²) in [6, 6.07) is 33.7. The number of ether oxygens (including phenoxy) is 1. The molecule has 4 aromatic heterocycles. The Hall–Kier alpha value is -8.17. The van der Waals surface area contributed by atoms with Crippen molar-refractivity contribution in [3.05, 3.63) is 165 Å². The molecule has 2 aliphatic rings. The molecule has 0 saturated carbocycles. The molecule has 2 atom stereocenters. The summed E-state index contributed by atoms with van der Waals surface area (Å²) in [5.74, 6) is -1.37. The number of hydrogen-bond acceptors (Lipinski definition) is 12. The summed E-state index contributed by atoms with van der Waals surface area (Å²) in [7, 11) is -7.00. The molecule has 19 nitrogen and oxygen atoms in total. The summed E-state index contributed by atoms with van der Waals surface area (Å²) < 4.78 is 60.0. The predicted octanol–water partition coefficient (Wildman–Crippen LogP) is 12.9. The van der Waals surface area contributed by atoms with Gasteiger partial charge < -0.3 is 14.7 Å². The van der Waals surface area contributed by atoms with Crippen LogP contribution in [0.25, 0.3) is 33.8 Å². The number of amides is 2. The number of aromatic nitrogens is 6. The van der Waals surface area contributed by atoms with Crippen molar-refractivity contribution < 1.29 is 41.1 Å². The van der Waals surface area contributed by atoms with E-state index in [1.54, 1.807) is 31.2 Å². The molecule has 0 bridgehead atoms. The van der Waals surface area contributed by atoms with Gasteiger partial charge in [0, 0.05) is 47.7 Å². The average Bonchev–Trinajstić information content (AvgIpc) is 2.14. The first-order valence-corrected chi connectivity index (χ1v) is 31.0. The largest absolute Gasteiger partial charge is 0.478 e. The molecule has 0 radical (unpaired) electrons. The van der Waals surface area contributed by atoms with Crippen molar-refractivity contribution in [3.8, 4) is 22.5 Å². The maximum atomic E-state index is 13.9. The van der Waals surface area contributed by atoms with Crippen LogP contribution < -0.4 is 9.44 Å². The Balaban J connectivity index is 0.000000216. The van der Waals surface area contributed by atoms with Crippen LogP contribution in [0.4, 0.5) is 16.2 Å². The summed E-state index contributed by atoms with van der Waals surface area (Å²) >= 11 is 0. The molecular weight excluding hydrogens is 1100 g/mol. The molecule has 2 aliphatic heterocycles. The van der Waals surface area contributed by atoms with Gasteiger partial charge in [-0.3, -0.25) is 19.1 Å². The van der Waals surface area contributed by atoms with E-state index in [9.17, 15) is 31.2 Å². The highest BCUT2D eigenvalue weighted by atomic mass is 32.2. The first-order chi connectivity index (χ1) is 38.7. The number of aromatic carboxylic acids is 1. The summed E-state index contributed by atoms with van der Waals surface area (Å²) in [6.07, 6.45) is 7.33. The van der Waals surface area contributed by atoms with Crippen molar-refractivity contribution in [2.75, 3.05) is 35.0 Å². The molecule has 0 spiro atoms. The number of nitrogens with one attached hydrogen (secondary N) is 2. The van der Waals surface area contributed by atoms with Crippen LogP contribution in [0.2, 0.25) is 0 Å². The quantitative estimate of drug-likeness (QED) is 0.116. The zero-order valence-corrected chi connectivity index (χ0v) is 49.9. The summed E-state index contributed by atoms with van der Waals surface area (Å²) in [5, 5.41) is 18.8. The second kappa shape index (κ2) is 26.6. The maximum absolute atomic E-state index is 13.9. The highest BCUT2D eigenvalue weighted by Crippen LogP contribution is 2.37. The highest BCUT2D eigenvalue weighted by Gasteiger charge is 2.35. The Kier molecular flexibility index (Phi) is 20.6. The van der Waals surface area contributed by atoms with Gasteiger partial charge in [0.05, 0.1) is 69.9 Å². The number of carboxylic acids is 1. The monoisotopic (exact) mass is 1180 g/mol. The topological polar surface area (TPSA) is 240 Å². The van der Waals surface area contributed by atoms with Gasteiger partial charge in [-0.15, -0.1) is 0 Å². The molecule has 21 heteroatoms.